The molecule has 0 aliphatic heterocycles. The number of nitro groups is 1. The van der Waals surface area contributed by atoms with Crippen molar-refractivity contribution < 1.29 is 17.9 Å². The van der Waals surface area contributed by atoms with Gasteiger partial charge in [-0.25, -0.2) is 8.42 Å². The van der Waals surface area contributed by atoms with Crippen molar-refractivity contribution in [3.05, 3.63) is 70.4 Å². The zero-order valence-corrected chi connectivity index (χ0v) is 15.0. The molecule has 0 saturated heterocycles. The van der Waals surface area contributed by atoms with E-state index >= 15 is 0 Å². The molecule has 0 radical (unpaired) electrons. The Morgan fingerprint density at radius 1 is 1.22 bits per heavy atom. The average molecular weight is 389 g/mol. The zero-order chi connectivity index (χ0) is 19.4. The van der Waals surface area contributed by atoms with Crippen LogP contribution in [0.5, 0.6) is 0 Å². The first-order valence-corrected chi connectivity index (χ1v) is 9.36. The maximum atomic E-state index is 12.5. The Balaban J connectivity index is 1.68. The van der Waals surface area contributed by atoms with Crippen molar-refractivity contribution in [3.8, 4) is 11.4 Å². The average Bonchev–Trinajstić information content (AvgIpc) is 3.11. The summed E-state index contributed by atoms with van der Waals surface area (Å²) in [6.45, 7) is -0.0947. The summed E-state index contributed by atoms with van der Waals surface area (Å²) in [4.78, 5) is 18.3. The van der Waals surface area contributed by atoms with E-state index in [1.165, 1.54) is 31.3 Å². The lowest BCUT2D eigenvalue weighted by Crippen LogP contribution is -2.27. The van der Waals surface area contributed by atoms with Crippen molar-refractivity contribution in [2.24, 2.45) is 0 Å². The Hall–Kier alpha value is -3.18. The van der Waals surface area contributed by atoms with Gasteiger partial charge in [-0.2, -0.15) is 9.29 Å². The highest BCUT2D eigenvalue weighted by Gasteiger charge is 2.22. The fraction of sp³-hybridized carbons (Fsp3) is 0.188. The topological polar surface area (TPSA) is 132 Å². The molecule has 2 aromatic heterocycles. The molecular formula is C16H15N5O5S. The predicted octanol–water partition coefficient (Wildman–Crippen LogP) is 2.00. The number of benzene rings is 1. The molecule has 0 N–H and O–H groups in total. The number of nitro benzene ring substituents is 1. The van der Waals surface area contributed by atoms with Crippen molar-refractivity contribution in [1.29, 1.82) is 0 Å². The molecule has 0 unspecified atom stereocenters. The SMILES string of the molecule is CN(Cc1nc(-c2cccnc2)no1)S(=O)(=O)Cc1ccc([N+](=O)[O-])cc1. The van der Waals surface area contributed by atoms with Gasteiger partial charge >= 0.3 is 0 Å². The first-order chi connectivity index (χ1) is 12.8. The van der Waals surface area contributed by atoms with Gasteiger partial charge in [0.05, 0.1) is 17.2 Å². The summed E-state index contributed by atoms with van der Waals surface area (Å²) in [6.07, 6.45) is 3.19. The number of hydrogen-bond acceptors (Lipinski definition) is 8. The van der Waals surface area contributed by atoms with E-state index in [1.807, 2.05) is 0 Å². The Morgan fingerprint density at radius 3 is 2.59 bits per heavy atom. The quantitative estimate of drug-likeness (QED) is 0.443. The Bertz CT molecular complexity index is 1030. The highest BCUT2D eigenvalue weighted by Crippen LogP contribution is 2.18. The minimum Gasteiger partial charge on any atom is -0.338 e. The number of pyridine rings is 1. The fourth-order valence-electron chi connectivity index (χ4n) is 2.25. The third kappa shape index (κ3) is 4.51. The van der Waals surface area contributed by atoms with Gasteiger partial charge in [-0.15, -0.1) is 0 Å². The summed E-state index contributed by atoms with van der Waals surface area (Å²) < 4.78 is 31.2. The van der Waals surface area contributed by atoms with Crippen LogP contribution in [0, 0.1) is 10.1 Å². The van der Waals surface area contributed by atoms with Crippen molar-refractivity contribution in [1.82, 2.24) is 19.4 Å². The summed E-state index contributed by atoms with van der Waals surface area (Å²) in [5, 5.41) is 14.5. The van der Waals surface area contributed by atoms with Crippen LogP contribution in [0.4, 0.5) is 5.69 Å². The first-order valence-electron chi connectivity index (χ1n) is 7.75. The van der Waals surface area contributed by atoms with E-state index in [2.05, 4.69) is 15.1 Å². The van der Waals surface area contributed by atoms with Crippen LogP contribution in [0.2, 0.25) is 0 Å². The molecule has 10 nitrogen and oxygen atoms in total. The van der Waals surface area contributed by atoms with Crippen molar-refractivity contribution >= 4 is 15.7 Å². The summed E-state index contributed by atoms with van der Waals surface area (Å²) in [5.41, 5.74) is 0.996. The van der Waals surface area contributed by atoms with Gasteiger partial charge in [0.15, 0.2) is 0 Å². The van der Waals surface area contributed by atoms with E-state index in [-0.39, 0.29) is 23.9 Å². The number of non-ortho nitro benzene ring substituents is 1. The standard InChI is InChI=1S/C16H15N5O5S/c1-20(10-15-18-16(19-26-15)13-3-2-8-17-9-13)27(24,25)11-12-4-6-14(7-5-12)21(22)23/h2-9H,10-11H2,1H3. The van der Waals surface area contributed by atoms with Crippen LogP contribution < -0.4 is 0 Å². The van der Waals surface area contributed by atoms with Crippen LogP contribution in [0.1, 0.15) is 11.5 Å². The second-order valence-electron chi connectivity index (χ2n) is 5.69. The molecule has 0 bridgehead atoms. The Kier molecular flexibility index (Phi) is 5.23. The predicted molar refractivity (Wildman–Crippen MR) is 94.7 cm³/mol. The van der Waals surface area contributed by atoms with Gasteiger partial charge in [0.2, 0.25) is 21.7 Å². The molecule has 140 valence electrons. The summed E-state index contributed by atoms with van der Waals surface area (Å²) in [6, 6.07) is 8.85. The smallest absolute Gasteiger partial charge is 0.269 e. The Morgan fingerprint density at radius 2 is 1.96 bits per heavy atom. The van der Waals surface area contributed by atoms with Gasteiger partial charge in [0.1, 0.15) is 0 Å². The largest absolute Gasteiger partial charge is 0.338 e. The van der Waals surface area contributed by atoms with Crippen molar-refractivity contribution in [2.45, 2.75) is 12.3 Å². The summed E-state index contributed by atoms with van der Waals surface area (Å²) in [5.74, 6) is 0.161. The molecule has 3 rings (SSSR count). The molecular weight excluding hydrogens is 374 g/mol. The molecule has 0 saturated carbocycles. The van der Waals surface area contributed by atoms with Crippen LogP contribution in [0.25, 0.3) is 11.4 Å². The molecule has 0 aliphatic carbocycles. The molecule has 0 amide bonds. The van der Waals surface area contributed by atoms with E-state index in [0.29, 0.717) is 17.0 Å². The number of sulfonamides is 1. The lowest BCUT2D eigenvalue weighted by molar-refractivity contribution is -0.384. The third-order valence-corrected chi connectivity index (χ3v) is 5.49. The van der Waals surface area contributed by atoms with Crippen LogP contribution in [-0.2, 0) is 22.3 Å². The summed E-state index contributed by atoms with van der Waals surface area (Å²) in [7, 11) is -2.28. The van der Waals surface area contributed by atoms with Gasteiger partial charge in [0, 0.05) is 37.1 Å². The highest BCUT2D eigenvalue weighted by atomic mass is 32.2. The van der Waals surface area contributed by atoms with Crippen LogP contribution in [0.3, 0.4) is 0 Å². The molecule has 27 heavy (non-hydrogen) atoms. The number of rotatable bonds is 7. The second kappa shape index (κ2) is 7.60. The lowest BCUT2D eigenvalue weighted by Gasteiger charge is -2.14. The molecule has 2 heterocycles. The minimum atomic E-state index is -3.68. The normalized spacial score (nSPS) is 11.6. The van der Waals surface area contributed by atoms with E-state index in [0.717, 1.165) is 4.31 Å². The van der Waals surface area contributed by atoms with Crippen molar-refractivity contribution in [2.75, 3.05) is 7.05 Å². The van der Waals surface area contributed by atoms with Crippen LogP contribution in [-0.4, -0.2) is 39.8 Å². The minimum absolute atomic E-state index is 0.0947. The van der Waals surface area contributed by atoms with Gasteiger partial charge in [0.25, 0.3) is 5.69 Å². The van der Waals surface area contributed by atoms with Gasteiger partial charge in [-0.3, -0.25) is 15.1 Å². The maximum Gasteiger partial charge on any atom is 0.269 e. The third-order valence-electron chi connectivity index (χ3n) is 3.72. The zero-order valence-electron chi connectivity index (χ0n) is 14.2. The molecule has 1 aromatic carbocycles. The van der Waals surface area contributed by atoms with Crippen LogP contribution in [0.15, 0.2) is 53.3 Å². The fourth-order valence-corrected chi connectivity index (χ4v) is 3.40. The van der Waals surface area contributed by atoms with Crippen molar-refractivity contribution in [3.63, 3.8) is 0 Å². The van der Waals surface area contributed by atoms with E-state index in [9.17, 15) is 18.5 Å². The highest BCUT2D eigenvalue weighted by molar-refractivity contribution is 7.88. The number of nitrogens with zero attached hydrogens (tertiary/aromatic N) is 5. The van der Waals surface area contributed by atoms with Gasteiger partial charge < -0.3 is 4.52 Å². The molecule has 0 atom stereocenters. The first kappa shape index (κ1) is 18.6. The monoisotopic (exact) mass is 389 g/mol. The van der Waals surface area contributed by atoms with E-state index in [1.54, 1.807) is 24.5 Å². The molecule has 0 aliphatic rings. The Labute approximate surface area is 154 Å². The molecule has 11 heteroatoms. The molecule has 3 aromatic rings. The van der Waals surface area contributed by atoms with E-state index in [4.69, 9.17) is 4.52 Å². The molecule has 0 spiro atoms. The molecule has 0 fully saturated rings. The lowest BCUT2D eigenvalue weighted by atomic mass is 10.2. The number of aromatic nitrogens is 3. The van der Waals surface area contributed by atoms with E-state index < -0.39 is 14.9 Å². The van der Waals surface area contributed by atoms with Gasteiger partial charge in [-0.1, -0.05) is 17.3 Å². The van der Waals surface area contributed by atoms with Gasteiger partial charge in [-0.05, 0) is 17.7 Å². The number of hydrogen-bond donors (Lipinski definition) is 0. The van der Waals surface area contributed by atoms with Crippen LogP contribution >= 0.6 is 0 Å². The maximum absolute atomic E-state index is 12.5. The second-order valence-corrected chi connectivity index (χ2v) is 7.77. The summed E-state index contributed by atoms with van der Waals surface area (Å²) >= 11 is 0.